The van der Waals surface area contributed by atoms with E-state index in [0.29, 0.717) is 97.8 Å². The molecule has 3 aromatic rings. The Morgan fingerprint density at radius 2 is 1.28 bits per heavy atom. The summed E-state index contributed by atoms with van der Waals surface area (Å²) in [4.78, 5) is 22.3. The number of benzene rings is 2. The van der Waals surface area contributed by atoms with Crippen LogP contribution in [0.3, 0.4) is 0 Å². The number of allylic oxidation sites excluding steroid dienone is 4. The summed E-state index contributed by atoms with van der Waals surface area (Å²) in [5.74, 6) is 1.24. The molecule has 9 N–H and O–H groups in total. The van der Waals surface area contributed by atoms with Crippen LogP contribution < -0.4 is 42.6 Å². The molecule has 0 unspecified atom stereocenters. The average Bonchev–Trinajstić information content (AvgIpc) is 2.98. The summed E-state index contributed by atoms with van der Waals surface area (Å²) in [6, 6.07) is 3.33. The van der Waals surface area contributed by atoms with Gasteiger partial charge in [-0.3, -0.25) is 14.8 Å². The van der Waals surface area contributed by atoms with Gasteiger partial charge in [-0.05, 0) is 66.2 Å². The first-order valence-electron chi connectivity index (χ1n) is 15.4. The maximum absolute atomic E-state index is 14.3. The summed E-state index contributed by atoms with van der Waals surface area (Å²) in [5, 5.41) is 12.0. The van der Waals surface area contributed by atoms with E-state index in [4.69, 9.17) is 41.6 Å². The van der Waals surface area contributed by atoms with Crippen LogP contribution >= 0.6 is 0 Å². The largest absolute Gasteiger partial charge is 0.507 e. The number of aromatic hydroxyl groups is 1. The minimum absolute atomic E-state index is 0.0460. The van der Waals surface area contributed by atoms with Crippen LogP contribution in [0.4, 0.5) is 0 Å². The van der Waals surface area contributed by atoms with Crippen molar-refractivity contribution in [2.45, 2.75) is 66.2 Å². The molecule has 12 nitrogen and oxygen atoms in total. The molecule has 0 aliphatic carbocycles. The lowest BCUT2D eigenvalue weighted by atomic mass is 9.98. The van der Waals surface area contributed by atoms with Crippen molar-refractivity contribution in [1.82, 2.24) is 0 Å². The number of ether oxygens (including phenoxy) is 3. The van der Waals surface area contributed by atoms with Crippen LogP contribution in [0.1, 0.15) is 64.5 Å². The molecule has 0 aliphatic heterocycles. The maximum atomic E-state index is 14.3. The zero-order valence-corrected chi connectivity index (χ0v) is 27.6. The number of fused-ring (bicyclic) bond motifs is 2. The third-order valence-electron chi connectivity index (χ3n) is 7.15. The third-order valence-corrected chi connectivity index (χ3v) is 7.15. The van der Waals surface area contributed by atoms with E-state index in [1.807, 2.05) is 39.8 Å². The van der Waals surface area contributed by atoms with Crippen LogP contribution in [0.2, 0.25) is 0 Å². The molecule has 2 aromatic carbocycles. The number of aliphatic imine (C=N–C) groups is 2. The van der Waals surface area contributed by atoms with Gasteiger partial charge in [-0.1, -0.05) is 23.3 Å². The van der Waals surface area contributed by atoms with E-state index in [1.54, 1.807) is 12.1 Å². The molecule has 1 heterocycles. The number of guanidine groups is 2. The van der Waals surface area contributed by atoms with Crippen molar-refractivity contribution >= 4 is 33.9 Å². The van der Waals surface area contributed by atoms with E-state index >= 15 is 0 Å². The molecule has 12 heteroatoms. The van der Waals surface area contributed by atoms with Crippen molar-refractivity contribution in [3.63, 3.8) is 0 Å². The molecule has 0 atom stereocenters. The van der Waals surface area contributed by atoms with E-state index in [1.165, 1.54) is 7.11 Å². The molecule has 46 heavy (non-hydrogen) atoms. The normalized spacial score (nSPS) is 10.8. The van der Waals surface area contributed by atoms with Gasteiger partial charge in [0.15, 0.2) is 23.4 Å². The molecule has 0 spiro atoms. The topological polar surface area (TPSA) is 207 Å². The van der Waals surface area contributed by atoms with Crippen molar-refractivity contribution < 1.29 is 23.7 Å². The molecule has 0 radical (unpaired) electrons. The molecule has 0 aliphatic rings. The molecule has 0 saturated carbocycles. The molecule has 0 bridgehead atoms. The monoisotopic (exact) mass is 636 g/mol. The molecule has 0 saturated heterocycles. The lowest BCUT2D eigenvalue weighted by Crippen LogP contribution is -2.23. The summed E-state index contributed by atoms with van der Waals surface area (Å²) >= 11 is 0. The Bertz CT molecular complexity index is 1690. The van der Waals surface area contributed by atoms with Crippen molar-refractivity contribution in [2.75, 3.05) is 33.4 Å². The molecule has 1 aromatic heterocycles. The molecule has 0 fully saturated rings. The number of methoxy groups -OCH3 is 1. The van der Waals surface area contributed by atoms with Gasteiger partial charge in [0.05, 0.1) is 25.7 Å². The number of phenols is 1. The predicted molar refractivity (Wildman–Crippen MR) is 185 cm³/mol. The minimum Gasteiger partial charge on any atom is -0.507 e. The van der Waals surface area contributed by atoms with E-state index in [2.05, 4.69) is 9.98 Å². The van der Waals surface area contributed by atoms with E-state index < -0.39 is 0 Å². The van der Waals surface area contributed by atoms with E-state index in [9.17, 15) is 9.90 Å². The van der Waals surface area contributed by atoms with Crippen LogP contribution in [0.25, 0.3) is 21.9 Å². The lowest BCUT2D eigenvalue weighted by Gasteiger charge is -2.18. The smallest absolute Gasteiger partial charge is 0.204 e. The highest BCUT2D eigenvalue weighted by atomic mass is 16.5. The highest BCUT2D eigenvalue weighted by Gasteiger charge is 2.24. The number of phenolic OH excluding ortho intramolecular Hbond substituents is 1. The highest BCUT2D eigenvalue weighted by Crippen LogP contribution is 2.41. The van der Waals surface area contributed by atoms with Gasteiger partial charge in [-0.25, -0.2) is 0 Å². The van der Waals surface area contributed by atoms with Crippen LogP contribution in [0, 0.1) is 0 Å². The van der Waals surface area contributed by atoms with E-state index in [0.717, 1.165) is 17.6 Å². The van der Waals surface area contributed by atoms with Crippen LogP contribution in [0.15, 0.2) is 54.6 Å². The SMILES string of the molecule is COc1c(OCCCCN=C(N)N)cc2oc3cc(OCCCCN=C(N)N)c(CC=C(C)C)c(O)c3c(=O)c2c1CC=C(C)C. The maximum Gasteiger partial charge on any atom is 0.204 e. The van der Waals surface area contributed by atoms with Gasteiger partial charge < -0.3 is 46.7 Å². The number of hydrogen-bond acceptors (Lipinski definition) is 8. The number of hydrogen-bond donors (Lipinski definition) is 5. The minimum atomic E-state index is -0.366. The van der Waals surface area contributed by atoms with Gasteiger partial charge in [-0.15, -0.1) is 0 Å². The van der Waals surface area contributed by atoms with Gasteiger partial charge in [0.1, 0.15) is 28.1 Å². The Hall–Kier alpha value is -4.87. The van der Waals surface area contributed by atoms with E-state index in [-0.39, 0.29) is 34.1 Å². The van der Waals surface area contributed by atoms with Crippen molar-refractivity contribution in [3.05, 3.63) is 56.8 Å². The first kappa shape index (κ1) is 35.6. The summed E-state index contributed by atoms with van der Waals surface area (Å²) in [5.41, 5.74) is 25.0. The zero-order valence-electron chi connectivity index (χ0n) is 27.6. The first-order chi connectivity index (χ1) is 21.9. The molecule has 3 rings (SSSR count). The summed E-state index contributed by atoms with van der Waals surface area (Å²) in [6.07, 6.45) is 7.56. The third kappa shape index (κ3) is 9.56. The number of nitrogens with two attached hydrogens (primary N) is 4. The number of unbranched alkanes of at least 4 members (excludes halogenated alkanes) is 2. The Balaban J connectivity index is 2.16. The zero-order chi connectivity index (χ0) is 33.8. The Labute approximate surface area is 269 Å². The Kier molecular flexibility index (Phi) is 13.2. The fraction of sp³-hybridized carbons (Fsp3) is 0.441. The number of nitrogens with zero attached hydrogens (tertiary/aromatic N) is 2. The van der Waals surface area contributed by atoms with Crippen molar-refractivity contribution in [3.8, 4) is 23.0 Å². The van der Waals surface area contributed by atoms with Gasteiger partial charge in [0.2, 0.25) is 5.43 Å². The molecule has 0 amide bonds. The molecular formula is C34H48N6O6. The summed E-state index contributed by atoms with van der Waals surface area (Å²) in [6.45, 7) is 9.60. The van der Waals surface area contributed by atoms with Crippen molar-refractivity contribution in [1.29, 1.82) is 0 Å². The predicted octanol–water partition coefficient (Wildman–Crippen LogP) is 4.54. The van der Waals surface area contributed by atoms with Gasteiger partial charge in [0.25, 0.3) is 0 Å². The van der Waals surface area contributed by atoms with Crippen molar-refractivity contribution in [2.24, 2.45) is 32.9 Å². The highest BCUT2D eigenvalue weighted by molar-refractivity contribution is 5.98. The average molecular weight is 637 g/mol. The number of rotatable bonds is 17. The fourth-order valence-electron chi connectivity index (χ4n) is 4.88. The van der Waals surface area contributed by atoms with Crippen LogP contribution in [0.5, 0.6) is 23.0 Å². The van der Waals surface area contributed by atoms with Gasteiger partial charge >= 0.3 is 0 Å². The van der Waals surface area contributed by atoms with Crippen LogP contribution in [-0.2, 0) is 12.8 Å². The fourth-order valence-corrected chi connectivity index (χ4v) is 4.88. The Morgan fingerprint density at radius 1 is 0.783 bits per heavy atom. The first-order valence-corrected chi connectivity index (χ1v) is 15.4. The second-order valence-electron chi connectivity index (χ2n) is 11.5. The summed E-state index contributed by atoms with van der Waals surface area (Å²) in [7, 11) is 1.54. The van der Waals surface area contributed by atoms with Gasteiger partial charge in [0, 0.05) is 36.3 Å². The quantitative estimate of drug-likeness (QED) is 0.0459. The second-order valence-corrected chi connectivity index (χ2v) is 11.5. The Morgan fingerprint density at radius 3 is 1.80 bits per heavy atom. The van der Waals surface area contributed by atoms with Crippen LogP contribution in [-0.4, -0.2) is 50.4 Å². The lowest BCUT2D eigenvalue weighted by molar-refractivity contribution is 0.286. The van der Waals surface area contributed by atoms with Gasteiger partial charge in [-0.2, -0.15) is 0 Å². The second kappa shape index (κ2) is 17.0. The molecular weight excluding hydrogens is 588 g/mol. The molecule has 250 valence electrons. The standard InChI is InChI=1S/C34H48N6O6/c1-20(2)10-12-22-24(44-16-8-6-14-39-33(35)36)18-26-29(30(22)41)31(42)28-23(13-11-21(3)4)32(43-5)27(19-25(28)46-26)45-17-9-7-15-40-34(37)38/h10-11,18-19,41H,6-9,12-17H2,1-5H3,(H4,35,36,39)(H4,37,38,40). The summed E-state index contributed by atoms with van der Waals surface area (Å²) < 4.78 is 24.4.